The van der Waals surface area contributed by atoms with Crippen molar-refractivity contribution in [3.05, 3.63) is 54.0 Å². The second-order valence-electron chi connectivity index (χ2n) is 5.87. The molecule has 7 heteroatoms. The molecule has 0 bridgehead atoms. The van der Waals surface area contributed by atoms with E-state index in [4.69, 9.17) is 4.42 Å². The van der Waals surface area contributed by atoms with E-state index in [-0.39, 0.29) is 18.4 Å². The van der Waals surface area contributed by atoms with Crippen LogP contribution in [0.1, 0.15) is 29.0 Å². The van der Waals surface area contributed by atoms with Crippen LogP contribution in [0.3, 0.4) is 0 Å². The maximum absolute atomic E-state index is 12.5. The van der Waals surface area contributed by atoms with Crippen molar-refractivity contribution < 1.29 is 23.5 Å². The molecule has 2 amide bonds. The molecule has 2 aromatic rings. The van der Waals surface area contributed by atoms with Crippen LogP contribution in [-0.4, -0.2) is 24.9 Å². The second kappa shape index (κ2) is 6.80. The zero-order valence-corrected chi connectivity index (χ0v) is 13.7. The van der Waals surface area contributed by atoms with Crippen LogP contribution in [0.5, 0.6) is 0 Å². The maximum atomic E-state index is 12.5. The smallest absolute Gasteiger partial charge is 0.337 e. The first-order valence-electron chi connectivity index (χ1n) is 7.86. The quantitative estimate of drug-likeness (QED) is 0.619. The normalized spacial score (nSPS) is 14.4. The van der Waals surface area contributed by atoms with Gasteiger partial charge in [0.25, 0.3) is 0 Å². The van der Waals surface area contributed by atoms with Crippen LogP contribution in [0.2, 0.25) is 0 Å². The highest BCUT2D eigenvalue weighted by Crippen LogP contribution is 2.46. The van der Waals surface area contributed by atoms with Crippen LogP contribution >= 0.6 is 0 Å². The van der Waals surface area contributed by atoms with Gasteiger partial charge in [-0.3, -0.25) is 9.59 Å². The molecule has 3 rings (SSSR count). The first-order chi connectivity index (χ1) is 12.0. The summed E-state index contributed by atoms with van der Waals surface area (Å²) in [6.45, 7) is 0.245. The topological polar surface area (TPSA) is 97.6 Å². The average molecular weight is 342 g/mol. The van der Waals surface area contributed by atoms with Gasteiger partial charge in [-0.25, -0.2) is 4.79 Å². The molecule has 2 N–H and O–H groups in total. The van der Waals surface area contributed by atoms with Crippen LogP contribution < -0.4 is 10.6 Å². The number of ether oxygens (including phenoxy) is 1. The lowest BCUT2D eigenvalue weighted by atomic mass is 10.0. The van der Waals surface area contributed by atoms with Gasteiger partial charge in [0.1, 0.15) is 11.2 Å². The van der Waals surface area contributed by atoms with E-state index in [2.05, 4.69) is 15.4 Å². The number of methoxy groups -OCH3 is 1. The number of anilines is 1. The minimum atomic E-state index is -1.03. The lowest BCUT2D eigenvalue weighted by molar-refractivity contribution is -0.134. The highest BCUT2D eigenvalue weighted by molar-refractivity contribution is 6.13. The number of esters is 1. The van der Waals surface area contributed by atoms with Crippen molar-refractivity contribution in [2.24, 2.45) is 5.41 Å². The molecular weight excluding hydrogens is 324 g/mol. The molecule has 1 aromatic heterocycles. The largest absolute Gasteiger partial charge is 0.467 e. The monoisotopic (exact) mass is 342 g/mol. The Balaban J connectivity index is 1.60. The van der Waals surface area contributed by atoms with Gasteiger partial charge in [-0.05, 0) is 49.2 Å². The predicted molar refractivity (Wildman–Crippen MR) is 88.6 cm³/mol. The van der Waals surface area contributed by atoms with Crippen LogP contribution in [0, 0.1) is 5.41 Å². The number of hydrogen-bond acceptors (Lipinski definition) is 5. The molecule has 1 heterocycles. The van der Waals surface area contributed by atoms with Crippen molar-refractivity contribution in [1.29, 1.82) is 0 Å². The Kier molecular flexibility index (Phi) is 4.56. The van der Waals surface area contributed by atoms with Crippen LogP contribution in [0.25, 0.3) is 0 Å². The molecule has 0 spiro atoms. The molecule has 1 aliphatic rings. The van der Waals surface area contributed by atoms with Crippen molar-refractivity contribution in [3.8, 4) is 0 Å². The molecule has 1 aromatic carbocycles. The first-order valence-corrected chi connectivity index (χ1v) is 7.86. The highest BCUT2D eigenvalue weighted by Gasteiger charge is 2.56. The highest BCUT2D eigenvalue weighted by atomic mass is 16.5. The van der Waals surface area contributed by atoms with Crippen molar-refractivity contribution in [3.63, 3.8) is 0 Å². The van der Waals surface area contributed by atoms with Gasteiger partial charge in [-0.15, -0.1) is 0 Å². The Morgan fingerprint density at radius 2 is 1.84 bits per heavy atom. The SMILES string of the molecule is COC(=O)c1ccc(NC(=O)C2(C(=O)NCc3ccco3)CC2)cc1. The summed E-state index contributed by atoms with van der Waals surface area (Å²) in [6, 6.07) is 9.79. The Labute approximate surface area is 144 Å². The summed E-state index contributed by atoms with van der Waals surface area (Å²) < 4.78 is 9.78. The van der Waals surface area contributed by atoms with E-state index in [0.717, 1.165) is 0 Å². The number of rotatable bonds is 6. The van der Waals surface area contributed by atoms with Gasteiger partial charge in [0, 0.05) is 5.69 Å². The second-order valence-corrected chi connectivity index (χ2v) is 5.87. The summed E-state index contributed by atoms with van der Waals surface area (Å²) in [6.07, 6.45) is 2.53. The molecule has 130 valence electrons. The predicted octanol–water partition coefficient (Wildman–Crippen LogP) is 2.10. The lowest BCUT2D eigenvalue weighted by Crippen LogP contribution is -2.39. The zero-order chi connectivity index (χ0) is 17.9. The van der Waals surface area contributed by atoms with Gasteiger partial charge < -0.3 is 19.8 Å². The summed E-state index contributed by atoms with van der Waals surface area (Å²) in [7, 11) is 1.30. The molecule has 1 fully saturated rings. The van der Waals surface area contributed by atoms with E-state index >= 15 is 0 Å². The lowest BCUT2D eigenvalue weighted by Gasteiger charge is -2.15. The summed E-state index contributed by atoms with van der Waals surface area (Å²) in [4.78, 5) is 36.3. The number of carbonyl (C=O) groups excluding carboxylic acids is 3. The Morgan fingerprint density at radius 3 is 2.40 bits per heavy atom. The average Bonchev–Trinajstić information content (AvgIpc) is 3.29. The maximum Gasteiger partial charge on any atom is 0.337 e. The summed E-state index contributed by atoms with van der Waals surface area (Å²) in [5.74, 6) is -0.486. The van der Waals surface area contributed by atoms with E-state index in [0.29, 0.717) is 29.9 Å². The molecule has 25 heavy (non-hydrogen) atoms. The molecule has 0 radical (unpaired) electrons. The van der Waals surface area contributed by atoms with Gasteiger partial charge in [-0.1, -0.05) is 0 Å². The minimum Gasteiger partial charge on any atom is -0.467 e. The third-order valence-corrected chi connectivity index (χ3v) is 4.19. The van der Waals surface area contributed by atoms with Crippen LogP contribution in [0.15, 0.2) is 47.1 Å². The third kappa shape index (κ3) is 3.55. The van der Waals surface area contributed by atoms with Gasteiger partial charge >= 0.3 is 5.97 Å². The minimum absolute atomic E-state index is 0.245. The van der Waals surface area contributed by atoms with Gasteiger partial charge in [-0.2, -0.15) is 0 Å². The number of hydrogen-bond donors (Lipinski definition) is 2. The van der Waals surface area contributed by atoms with Crippen LogP contribution in [0.4, 0.5) is 5.69 Å². The number of benzene rings is 1. The van der Waals surface area contributed by atoms with E-state index in [9.17, 15) is 14.4 Å². The molecule has 0 atom stereocenters. The fourth-order valence-corrected chi connectivity index (χ4v) is 2.49. The Bertz CT molecular complexity index is 776. The first kappa shape index (κ1) is 16.8. The van der Waals surface area contributed by atoms with Crippen molar-refractivity contribution in [2.45, 2.75) is 19.4 Å². The van der Waals surface area contributed by atoms with Gasteiger partial charge in [0.15, 0.2) is 0 Å². The number of furan rings is 1. The molecule has 0 aliphatic heterocycles. The number of amides is 2. The number of carbonyl (C=O) groups is 3. The molecular formula is C18H18N2O5. The molecule has 0 saturated heterocycles. The summed E-state index contributed by atoms with van der Waals surface area (Å²) in [5, 5.41) is 5.46. The zero-order valence-electron chi connectivity index (χ0n) is 13.7. The fraction of sp³-hybridized carbons (Fsp3) is 0.278. The van der Waals surface area contributed by atoms with E-state index in [1.165, 1.54) is 13.4 Å². The summed E-state index contributed by atoms with van der Waals surface area (Å²) in [5.41, 5.74) is -0.131. The fourth-order valence-electron chi connectivity index (χ4n) is 2.49. The molecule has 7 nitrogen and oxygen atoms in total. The van der Waals surface area contributed by atoms with Crippen molar-refractivity contribution in [2.75, 3.05) is 12.4 Å². The van der Waals surface area contributed by atoms with E-state index < -0.39 is 11.4 Å². The van der Waals surface area contributed by atoms with Crippen molar-refractivity contribution in [1.82, 2.24) is 5.32 Å². The molecule has 1 aliphatic carbocycles. The number of nitrogens with one attached hydrogen (secondary N) is 2. The Hall–Kier alpha value is -3.09. The van der Waals surface area contributed by atoms with Crippen molar-refractivity contribution >= 4 is 23.5 Å². The third-order valence-electron chi connectivity index (χ3n) is 4.19. The molecule has 0 unspecified atom stereocenters. The Morgan fingerprint density at radius 1 is 1.12 bits per heavy atom. The van der Waals surface area contributed by atoms with Gasteiger partial charge in [0.05, 0.1) is 25.5 Å². The van der Waals surface area contributed by atoms with E-state index in [1.54, 1.807) is 36.4 Å². The standard InChI is InChI=1S/C18H18N2O5/c1-24-15(21)12-4-6-13(7-5-12)20-17(23)18(8-9-18)16(22)19-11-14-3-2-10-25-14/h2-7,10H,8-9,11H2,1H3,(H,19,22)(H,20,23). The van der Waals surface area contributed by atoms with E-state index in [1.807, 2.05) is 0 Å². The van der Waals surface area contributed by atoms with Gasteiger partial charge in [0.2, 0.25) is 11.8 Å². The summed E-state index contributed by atoms with van der Waals surface area (Å²) >= 11 is 0. The van der Waals surface area contributed by atoms with Crippen LogP contribution in [-0.2, 0) is 20.9 Å². The molecule has 1 saturated carbocycles.